The summed E-state index contributed by atoms with van der Waals surface area (Å²) in [7, 11) is 1.50. The quantitative estimate of drug-likeness (QED) is 0.144. The molecule has 0 unspecified atom stereocenters. The number of ether oxygens (including phenoxy) is 3. The Morgan fingerprint density at radius 2 is 1.73 bits per heavy atom. The number of nitrogens with zero attached hydrogens (tertiary/aromatic N) is 2. The fourth-order valence-electron chi connectivity index (χ4n) is 4.10. The second kappa shape index (κ2) is 12.7. The molecule has 3 aromatic rings. The van der Waals surface area contributed by atoms with Crippen molar-refractivity contribution in [1.82, 2.24) is 4.90 Å². The van der Waals surface area contributed by atoms with Gasteiger partial charge in [0, 0.05) is 12.1 Å². The molecule has 0 bridgehead atoms. The van der Waals surface area contributed by atoms with Crippen molar-refractivity contribution in [3.05, 3.63) is 97.9 Å². The summed E-state index contributed by atoms with van der Waals surface area (Å²) in [6.45, 7) is 6.70. The second-order valence-corrected chi connectivity index (χ2v) is 10.5. The average Bonchev–Trinajstić information content (AvgIpc) is 3.19. The number of carbonyl (C=O) groups is 2. The van der Waals surface area contributed by atoms with Gasteiger partial charge in [0.05, 0.1) is 23.5 Å². The molecule has 1 saturated heterocycles. The molecule has 1 fully saturated rings. The number of aryl methyl sites for hydroxylation is 1. The number of nitro benzene ring substituents is 1. The van der Waals surface area contributed by atoms with E-state index in [1.807, 2.05) is 25.1 Å². The van der Waals surface area contributed by atoms with Crippen molar-refractivity contribution < 1.29 is 28.7 Å². The molecular weight excluding hydrogens is 532 g/mol. The summed E-state index contributed by atoms with van der Waals surface area (Å²) in [5.41, 5.74) is 3.59. The van der Waals surface area contributed by atoms with Crippen LogP contribution in [0.5, 0.6) is 17.2 Å². The summed E-state index contributed by atoms with van der Waals surface area (Å²) in [5.74, 6) is 1.60. The maximum atomic E-state index is 13.0. The van der Waals surface area contributed by atoms with Crippen LogP contribution in [0.4, 0.5) is 10.5 Å². The number of rotatable bonds is 11. The first-order valence-electron chi connectivity index (χ1n) is 12.7. The molecule has 1 heterocycles. The number of thioether (sulfide) groups is 1. The fraction of sp³-hybridized carbons (Fsp3) is 0.267. The summed E-state index contributed by atoms with van der Waals surface area (Å²) < 4.78 is 17.3. The molecule has 0 saturated carbocycles. The van der Waals surface area contributed by atoms with Gasteiger partial charge in [-0.25, -0.2) is 0 Å². The van der Waals surface area contributed by atoms with Gasteiger partial charge in [0.2, 0.25) is 0 Å². The lowest BCUT2D eigenvalue weighted by atomic mass is 10.0. The van der Waals surface area contributed by atoms with Crippen molar-refractivity contribution in [3.63, 3.8) is 0 Å². The van der Waals surface area contributed by atoms with Crippen molar-refractivity contribution in [2.75, 3.05) is 20.3 Å². The van der Waals surface area contributed by atoms with Gasteiger partial charge in [-0.3, -0.25) is 24.6 Å². The molecule has 1 aliphatic rings. The van der Waals surface area contributed by atoms with Crippen LogP contribution in [0.25, 0.3) is 6.08 Å². The molecule has 0 atom stereocenters. The molecule has 10 heteroatoms. The van der Waals surface area contributed by atoms with E-state index in [1.54, 1.807) is 36.4 Å². The Kier molecular flexibility index (Phi) is 9.11. The van der Waals surface area contributed by atoms with E-state index in [0.717, 1.165) is 34.2 Å². The molecule has 0 aliphatic carbocycles. The molecule has 2 amide bonds. The van der Waals surface area contributed by atoms with Crippen molar-refractivity contribution in [1.29, 1.82) is 0 Å². The van der Waals surface area contributed by atoms with Crippen LogP contribution in [0, 0.1) is 17.0 Å². The van der Waals surface area contributed by atoms with Crippen molar-refractivity contribution in [3.8, 4) is 17.2 Å². The minimum atomic E-state index is -0.456. The van der Waals surface area contributed by atoms with E-state index in [0.29, 0.717) is 22.0 Å². The predicted octanol–water partition coefficient (Wildman–Crippen LogP) is 6.73. The van der Waals surface area contributed by atoms with Crippen molar-refractivity contribution >= 4 is 34.7 Å². The van der Waals surface area contributed by atoms with Crippen LogP contribution in [-0.2, 0) is 11.4 Å². The third-order valence-corrected chi connectivity index (χ3v) is 7.17. The topological polar surface area (TPSA) is 108 Å². The summed E-state index contributed by atoms with van der Waals surface area (Å²) in [6.07, 6.45) is 1.64. The average molecular weight is 563 g/mol. The molecule has 0 aromatic heterocycles. The lowest BCUT2D eigenvalue weighted by Gasteiger charge is -2.17. The SMILES string of the molecule is COc1cc(/C=C2\SC(=O)N(CCOc3cc(C)ccc3C(C)C)C2=O)ccc1OCc1ccc([N+](=O)[O-])cc1. The predicted molar refractivity (Wildman–Crippen MR) is 154 cm³/mol. The highest BCUT2D eigenvalue weighted by atomic mass is 32.2. The number of hydrogen-bond donors (Lipinski definition) is 0. The van der Waals surface area contributed by atoms with Crippen LogP contribution in [0.2, 0.25) is 0 Å². The first-order valence-corrected chi connectivity index (χ1v) is 13.5. The Labute approximate surface area is 236 Å². The van der Waals surface area contributed by atoms with Gasteiger partial charge < -0.3 is 14.2 Å². The number of benzene rings is 3. The molecule has 208 valence electrons. The Hall–Kier alpha value is -4.31. The van der Waals surface area contributed by atoms with Gasteiger partial charge in [0.15, 0.2) is 11.5 Å². The lowest BCUT2D eigenvalue weighted by molar-refractivity contribution is -0.384. The van der Waals surface area contributed by atoms with Crippen LogP contribution < -0.4 is 14.2 Å². The smallest absolute Gasteiger partial charge is 0.293 e. The van der Waals surface area contributed by atoms with Gasteiger partial charge in [-0.15, -0.1) is 0 Å². The third kappa shape index (κ3) is 6.81. The molecule has 0 radical (unpaired) electrons. The first-order chi connectivity index (χ1) is 19.2. The van der Waals surface area contributed by atoms with Gasteiger partial charge in [0.25, 0.3) is 16.8 Å². The summed E-state index contributed by atoms with van der Waals surface area (Å²) in [6, 6.07) is 17.3. The molecule has 0 N–H and O–H groups in total. The van der Waals surface area contributed by atoms with E-state index in [-0.39, 0.29) is 42.5 Å². The maximum Gasteiger partial charge on any atom is 0.293 e. The highest BCUT2D eigenvalue weighted by molar-refractivity contribution is 8.18. The van der Waals surface area contributed by atoms with Crippen LogP contribution in [-0.4, -0.2) is 41.2 Å². The number of carbonyl (C=O) groups excluding carboxylic acids is 2. The van der Waals surface area contributed by atoms with Crippen LogP contribution in [0.15, 0.2) is 65.6 Å². The molecule has 1 aliphatic heterocycles. The Balaban J connectivity index is 1.39. The monoisotopic (exact) mass is 562 g/mol. The van der Waals surface area contributed by atoms with Crippen molar-refractivity contribution in [2.24, 2.45) is 0 Å². The minimum Gasteiger partial charge on any atom is -0.493 e. The number of imide groups is 1. The molecule has 3 aromatic carbocycles. The normalized spacial score (nSPS) is 14.2. The first kappa shape index (κ1) is 28.7. The van der Waals surface area contributed by atoms with Gasteiger partial charge in [0.1, 0.15) is 19.0 Å². The maximum absolute atomic E-state index is 13.0. The zero-order valence-electron chi connectivity index (χ0n) is 22.7. The van der Waals surface area contributed by atoms with Crippen LogP contribution in [0.3, 0.4) is 0 Å². The van der Waals surface area contributed by atoms with Gasteiger partial charge >= 0.3 is 0 Å². The highest BCUT2D eigenvalue weighted by Gasteiger charge is 2.35. The number of hydrogen-bond acceptors (Lipinski definition) is 8. The van der Waals surface area contributed by atoms with E-state index >= 15 is 0 Å². The van der Waals surface area contributed by atoms with Crippen LogP contribution in [0.1, 0.15) is 42.0 Å². The van der Waals surface area contributed by atoms with Gasteiger partial charge in [-0.2, -0.15) is 0 Å². The number of non-ortho nitro benzene ring substituents is 1. The summed E-state index contributed by atoms with van der Waals surface area (Å²) >= 11 is 0.885. The number of nitro groups is 1. The molecular formula is C30H30N2O7S. The molecule has 0 spiro atoms. The molecule has 4 rings (SSSR count). The molecule has 40 heavy (non-hydrogen) atoms. The van der Waals surface area contributed by atoms with E-state index in [1.165, 1.54) is 24.1 Å². The number of methoxy groups -OCH3 is 1. The Morgan fingerprint density at radius 1 is 0.975 bits per heavy atom. The van der Waals surface area contributed by atoms with E-state index < -0.39 is 4.92 Å². The largest absolute Gasteiger partial charge is 0.493 e. The van der Waals surface area contributed by atoms with Gasteiger partial charge in [-0.05, 0) is 83.3 Å². The molecule has 9 nitrogen and oxygen atoms in total. The second-order valence-electron chi connectivity index (χ2n) is 9.50. The third-order valence-electron chi connectivity index (χ3n) is 6.26. The highest BCUT2D eigenvalue weighted by Crippen LogP contribution is 2.35. The number of amides is 2. The Morgan fingerprint density at radius 3 is 2.40 bits per heavy atom. The zero-order valence-corrected chi connectivity index (χ0v) is 23.5. The standard InChI is InChI=1S/C30H30N2O7S/c1-19(2)24-11-5-20(3)15-26(24)38-14-13-31-29(33)28(40-30(31)34)17-22-8-12-25(27(16-22)37-4)39-18-21-6-9-23(10-7-21)32(35)36/h5-12,15-17,19H,13-14,18H2,1-4H3/b28-17-. The van der Waals surface area contributed by atoms with Crippen molar-refractivity contribution in [2.45, 2.75) is 33.3 Å². The van der Waals surface area contributed by atoms with Crippen LogP contribution >= 0.6 is 11.8 Å². The zero-order chi connectivity index (χ0) is 28.8. The Bertz CT molecular complexity index is 1450. The summed E-state index contributed by atoms with van der Waals surface area (Å²) in [5, 5.41) is 10.5. The van der Waals surface area contributed by atoms with Gasteiger partial charge in [-0.1, -0.05) is 32.0 Å². The lowest BCUT2D eigenvalue weighted by Crippen LogP contribution is -2.32. The van der Waals surface area contributed by atoms with E-state index in [9.17, 15) is 19.7 Å². The minimum absolute atomic E-state index is 0.00849. The van der Waals surface area contributed by atoms with E-state index in [4.69, 9.17) is 14.2 Å². The fourth-order valence-corrected chi connectivity index (χ4v) is 4.97. The summed E-state index contributed by atoms with van der Waals surface area (Å²) in [4.78, 5) is 37.5. The van der Waals surface area contributed by atoms with E-state index in [2.05, 4.69) is 13.8 Å².